The second-order valence-electron chi connectivity index (χ2n) is 5.99. The molecule has 0 aliphatic carbocycles. The highest BCUT2D eigenvalue weighted by Crippen LogP contribution is 2.41. The first-order chi connectivity index (χ1) is 11.6. The lowest BCUT2D eigenvalue weighted by Gasteiger charge is -2.17. The molecule has 0 N–H and O–H groups in total. The molecule has 0 amide bonds. The highest BCUT2D eigenvalue weighted by Gasteiger charge is 2.18. The molecule has 0 spiro atoms. The van der Waals surface area contributed by atoms with Gasteiger partial charge in [0.05, 0.1) is 31.4 Å². The second kappa shape index (κ2) is 8.40. The number of methoxy groups -OCH3 is 2. The quantitative estimate of drug-likeness (QED) is 0.651. The Balaban J connectivity index is 2.57. The fourth-order valence-electron chi connectivity index (χ4n) is 2.92. The Labute approximate surface area is 144 Å². The Morgan fingerprint density at radius 1 is 1.00 bits per heavy atom. The van der Waals surface area contributed by atoms with Crippen LogP contribution in [0.4, 0.5) is 0 Å². The van der Waals surface area contributed by atoms with Crippen molar-refractivity contribution in [2.45, 2.75) is 39.5 Å². The van der Waals surface area contributed by atoms with E-state index in [1.165, 1.54) is 18.4 Å². The van der Waals surface area contributed by atoms with Gasteiger partial charge in [-0.3, -0.25) is 0 Å². The monoisotopic (exact) mass is 323 g/mol. The lowest BCUT2D eigenvalue weighted by molar-refractivity contribution is 0.396. The number of benzene rings is 2. The zero-order valence-electron chi connectivity index (χ0n) is 15.0. The molecule has 0 bridgehead atoms. The van der Waals surface area contributed by atoms with Crippen molar-refractivity contribution in [3.63, 3.8) is 0 Å². The molecule has 3 heteroatoms. The summed E-state index contributed by atoms with van der Waals surface area (Å²) < 4.78 is 11.3. The SMILES string of the molecule is CCCCCc1cc(OC)c(-c2cc(C)ccc2C#N)c(OC)c1. The molecule has 0 aromatic heterocycles. The Bertz CT molecular complexity index is 719. The van der Waals surface area contributed by atoms with E-state index in [-0.39, 0.29) is 0 Å². The molecule has 0 unspecified atom stereocenters. The first-order valence-electron chi connectivity index (χ1n) is 8.40. The molecule has 0 radical (unpaired) electrons. The number of rotatable bonds is 7. The molecular weight excluding hydrogens is 298 g/mol. The number of aryl methyl sites for hydroxylation is 2. The van der Waals surface area contributed by atoms with Crippen molar-refractivity contribution in [3.8, 4) is 28.7 Å². The number of hydrogen-bond acceptors (Lipinski definition) is 3. The maximum Gasteiger partial charge on any atom is 0.130 e. The van der Waals surface area contributed by atoms with Gasteiger partial charge in [0.2, 0.25) is 0 Å². The van der Waals surface area contributed by atoms with Crippen LogP contribution in [0.25, 0.3) is 11.1 Å². The van der Waals surface area contributed by atoms with E-state index in [0.29, 0.717) is 5.56 Å². The average molecular weight is 323 g/mol. The van der Waals surface area contributed by atoms with Crippen molar-refractivity contribution >= 4 is 0 Å². The maximum absolute atomic E-state index is 9.46. The number of nitriles is 1. The van der Waals surface area contributed by atoms with Crippen molar-refractivity contribution in [3.05, 3.63) is 47.0 Å². The topological polar surface area (TPSA) is 42.2 Å². The lowest BCUT2D eigenvalue weighted by atomic mass is 9.94. The highest BCUT2D eigenvalue weighted by molar-refractivity contribution is 5.82. The minimum Gasteiger partial charge on any atom is -0.496 e. The third kappa shape index (κ3) is 3.89. The van der Waals surface area contributed by atoms with Crippen LogP contribution in [0.5, 0.6) is 11.5 Å². The fourth-order valence-corrected chi connectivity index (χ4v) is 2.92. The average Bonchev–Trinajstić information content (AvgIpc) is 2.61. The molecule has 0 aliphatic heterocycles. The molecule has 0 saturated heterocycles. The van der Waals surface area contributed by atoms with Crippen LogP contribution in [0.3, 0.4) is 0 Å². The summed E-state index contributed by atoms with van der Waals surface area (Å²) in [6.07, 6.45) is 4.56. The van der Waals surface area contributed by atoms with Crippen LogP contribution < -0.4 is 9.47 Å². The van der Waals surface area contributed by atoms with Crippen molar-refractivity contribution in [1.29, 1.82) is 5.26 Å². The Kier molecular flexibility index (Phi) is 6.26. The van der Waals surface area contributed by atoms with Gasteiger partial charge in [0.15, 0.2) is 0 Å². The summed E-state index contributed by atoms with van der Waals surface area (Å²) in [6, 6.07) is 12.2. The van der Waals surface area contributed by atoms with E-state index in [1.807, 2.05) is 25.1 Å². The maximum atomic E-state index is 9.46. The molecule has 24 heavy (non-hydrogen) atoms. The lowest BCUT2D eigenvalue weighted by Crippen LogP contribution is -1.98. The summed E-state index contributed by atoms with van der Waals surface area (Å²) in [5, 5.41) is 9.46. The minimum atomic E-state index is 0.621. The van der Waals surface area contributed by atoms with Crippen LogP contribution in [0.1, 0.15) is 42.9 Å². The molecule has 2 rings (SSSR count). The first kappa shape index (κ1) is 17.9. The third-order valence-electron chi connectivity index (χ3n) is 4.20. The minimum absolute atomic E-state index is 0.621. The van der Waals surface area contributed by atoms with Gasteiger partial charge in [0, 0.05) is 5.56 Å². The Morgan fingerprint density at radius 3 is 2.21 bits per heavy atom. The highest BCUT2D eigenvalue weighted by atomic mass is 16.5. The zero-order chi connectivity index (χ0) is 17.5. The van der Waals surface area contributed by atoms with E-state index in [1.54, 1.807) is 14.2 Å². The van der Waals surface area contributed by atoms with Crippen molar-refractivity contribution < 1.29 is 9.47 Å². The van der Waals surface area contributed by atoms with E-state index >= 15 is 0 Å². The smallest absolute Gasteiger partial charge is 0.130 e. The third-order valence-corrected chi connectivity index (χ3v) is 4.20. The predicted octanol–water partition coefficient (Wildman–Crippen LogP) is 5.28. The van der Waals surface area contributed by atoms with Gasteiger partial charge in [-0.1, -0.05) is 31.4 Å². The van der Waals surface area contributed by atoms with Crippen LogP contribution >= 0.6 is 0 Å². The normalized spacial score (nSPS) is 10.3. The van der Waals surface area contributed by atoms with Gasteiger partial charge in [-0.2, -0.15) is 5.26 Å². The molecule has 3 nitrogen and oxygen atoms in total. The van der Waals surface area contributed by atoms with E-state index in [0.717, 1.165) is 41.0 Å². The van der Waals surface area contributed by atoms with Crippen LogP contribution in [-0.4, -0.2) is 14.2 Å². The van der Waals surface area contributed by atoms with Crippen molar-refractivity contribution in [2.75, 3.05) is 14.2 Å². The van der Waals surface area contributed by atoms with E-state index in [9.17, 15) is 5.26 Å². The largest absolute Gasteiger partial charge is 0.496 e. The molecule has 2 aromatic carbocycles. The Morgan fingerprint density at radius 2 is 1.67 bits per heavy atom. The summed E-state index contributed by atoms with van der Waals surface area (Å²) in [5.41, 5.74) is 4.62. The summed E-state index contributed by atoms with van der Waals surface area (Å²) in [6.45, 7) is 4.22. The first-order valence-corrected chi connectivity index (χ1v) is 8.40. The summed E-state index contributed by atoms with van der Waals surface area (Å²) >= 11 is 0. The van der Waals surface area contributed by atoms with Gasteiger partial charge in [-0.25, -0.2) is 0 Å². The number of unbranched alkanes of at least 4 members (excludes halogenated alkanes) is 2. The van der Waals surface area contributed by atoms with Crippen LogP contribution in [0, 0.1) is 18.3 Å². The molecule has 0 fully saturated rings. The number of hydrogen-bond donors (Lipinski definition) is 0. The zero-order valence-corrected chi connectivity index (χ0v) is 15.0. The van der Waals surface area contributed by atoms with Crippen molar-refractivity contribution in [1.82, 2.24) is 0 Å². The Hall–Kier alpha value is -2.47. The summed E-state index contributed by atoms with van der Waals surface area (Å²) in [5.74, 6) is 1.51. The van der Waals surface area contributed by atoms with E-state index < -0.39 is 0 Å². The van der Waals surface area contributed by atoms with Gasteiger partial charge in [0.25, 0.3) is 0 Å². The predicted molar refractivity (Wildman–Crippen MR) is 97.7 cm³/mol. The number of nitrogens with zero attached hydrogens (tertiary/aromatic N) is 1. The molecule has 0 atom stereocenters. The van der Waals surface area contributed by atoms with Crippen LogP contribution in [-0.2, 0) is 6.42 Å². The molecule has 0 heterocycles. The van der Waals surface area contributed by atoms with Gasteiger partial charge in [-0.05, 0) is 49.6 Å². The molecule has 2 aromatic rings. The standard InChI is InChI=1S/C21H25NO2/c1-5-6-7-8-16-12-19(23-3)21(20(13-16)24-4)18-11-15(2)9-10-17(18)14-22/h9-13H,5-8H2,1-4H3. The fraction of sp³-hybridized carbons (Fsp3) is 0.381. The van der Waals surface area contributed by atoms with Crippen LogP contribution in [0.15, 0.2) is 30.3 Å². The van der Waals surface area contributed by atoms with Crippen molar-refractivity contribution in [2.24, 2.45) is 0 Å². The van der Waals surface area contributed by atoms with Gasteiger partial charge in [-0.15, -0.1) is 0 Å². The van der Waals surface area contributed by atoms with Gasteiger partial charge >= 0.3 is 0 Å². The van der Waals surface area contributed by atoms with Gasteiger partial charge < -0.3 is 9.47 Å². The second-order valence-corrected chi connectivity index (χ2v) is 5.99. The molecular formula is C21H25NO2. The van der Waals surface area contributed by atoms with E-state index in [2.05, 4.69) is 25.1 Å². The summed E-state index contributed by atoms with van der Waals surface area (Å²) in [7, 11) is 3.33. The van der Waals surface area contributed by atoms with E-state index in [4.69, 9.17) is 9.47 Å². The van der Waals surface area contributed by atoms with Gasteiger partial charge in [0.1, 0.15) is 11.5 Å². The number of ether oxygens (including phenoxy) is 2. The van der Waals surface area contributed by atoms with Crippen LogP contribution in [0.2, 0.25) is 0 Å². The molecule has 0 saturated carbocycles. The molecule has 126 valence electrons. The summed E-state index contributed by atoms with van der Waals surface area (Å²) in [4.78, 5) is 0. The molecule has 0 aliphatic rings.